The molecule has 2 rings (SSSR count). The Morgan fingerprint density at radius 1 is 1.33 bits per heavy atom. The Morgan fingerprint density at radius 2 is 2.11 bits per heavy atom. The topological polar surface area (TPSA) is 73.1 Å². The number of nitrogens with two attached hydrogens (primary N) is 1. The van der Waals surface area contributed by atoms with Gasteiger partial charge in [-0.25, -0.2) is 15.8 Å². The molecule has 18 heavy (non-hydrogen) atoms. The number of halogens is 2. The van der Waals surface area contributed by atoms with Gasteiger partial charge in [-0.3, -0.25) is 0 Å². The number of rotatable bonds is 4. The minimum atomic E-state index is 0.319. The third-order valence-corrected chi connectivity index (χ3v) is 3.30. The van der Waals surface area contributed by atoms with Crippen molar-refractivity contribution in [3.05, 3.63) is 45.7 Å². The van der Waals surface area contributed by atoms with Gasteiger partial charge >= 0.3 is 0 Å². The molecule has 0 saturated carbocycles. The van der Waals surface area contributed by atoms with Crippen LogP contribution in [0.5, 0.6) is 5.88 Å². The van der Waals surface area contributed by atoms with Gasteiger partial charge in [0.15, 0.2) is 5.82 Å². The van der Waals surface area contributed by atoms with Crippen LogP contribution in [0.3, 0.4) is 0 Å². The first-order valence-corrected chi connectivity index (χ1v) is 6.22. The number of hydrogen-bond acceptors (Lipinski definition) is 5. The van der Waals surface area contributed by atoms with E-state index in [0.29, 0.717) is 27.8 Å². The summed E-state index contributed by atoms with van der Waals surface area (Å²) in [6.07, 6.45) is 1.36. The molecule has 1 aromatic heterocycles. The Kier molecular flexibility index (Phi) is 4.35. The van der Waals surface area contributed by atoms with E-state index in [9.17, 15) is 0 Å². The summed E-state index contributed by atoms with van der Waals surface area (Å²) in [4.78, 5) is 7.94. The molecule has 3 N–H and O–H groups in total. The van der Waals surface area contributed by atoms with Crippen molar-refractivity contribution in [2.75, 3.05) is 5.43 Å². The maximum Gasteiger partial charge on any atom is 0.233 e. The zero-order valence-electron chi connectivity index (χ0n) is 9.23. The predicted molar refractivity (Wildman–Crippen MR) is 73.3 cm³/mol. The van der Waals surface area contributed by atoms with Crippen molar-refractivity contribution in [2.45, 2.75) is 6.61 Å². The number of benzene rings is 1. The highest BCUT2D eigenvalue weighted by Crippen LogP contribution is 2.28. The van der Waals surface area contributed by atoms with Crippen LogP contribution in [0.15, 0.2) is 35.1 Å². The van der Waals surface area contributed by atoms with Crippen molar-refractivity contribution in [2.24, 2.45) is 5.84 Å². The van der Waals surface area contributed by atoms with Crippen LogP contribution in [0, 0.1) is 0 Å². The molecular formula is C11H10BrClN4O. The monoisotopic (exact) mass is 328 g/mol. The van der Waals surface area contributed by atoms with Crippen LogP contribution < -0.4 is 16.0 Å². The zero-order chi connectivity index (χ0) is 13.0. The molecule has 0 unspecified atom stereocenters. The first kappa shape index (κ1) is 13.1. The Balaban J connectivity index is 2.14. The lowest BCUT2D eigenvalue weighted by Gasteiger charge is -2.09. The van der Waals surface area contributed by atoms with Crippen LogP contribution in [0.25, 0.3) is 0 Å². The van der Waals surface area contributed by atoms with E-state index < -0.39 is 0 Å². The highest BCUT2D eigenvalue weighted by Gasteiger charge is 2.09. The Labute approximate surface area is 117 Å². The van der Waals surface area contributed by atoms with Crippen LogP contribution in [0.2, 0.25) is 5.02 Å². The Morgan fingerprint density at radius 3 is 2.83 bits per heavy atom. The second kappa shape index (κ2) is 5.99. The molecule has 1 aromatic carbocycles. The molecule has 5 nitrogen and oxygen atoms in total. The molecule has 2 aromatic rings. The van der Waals surface area contributed by atoms with Gasteiger partial charge in [-0.1, -0.05) is 29.8 Å². The molecule has 7 heteroatoms. The van der Waals surface area contributed by atoms with E-state index in [4.69, 9.17) is 22.2 Å². The van der Waals surface area contributed by atoms with Crippen LogP contribution >= 0.6 is 27.5 Å². The smallest absolute Gasteiger partial charge is 0.233 e. The van der Waals surface area contributed by atoms with Crippen molar-refractivity contribution in [1.82, 2.24) is 9.97 Å². The summed E-state index contributed by atoms with van der Waals surface area (Å²) >= 11 is 9.34. The SMILES string of the molecule is NNc1ncnc(OCc2ccccc2Cl)c1Br. The van der Waals surface area contributed by atoms with E-state index >= 15 is 0 Å². The summed E-state index contributed by atoms with van der Waals surface area (Å²) < 4.78 is 6.14. The van der Waals surface area contributed by atoms with Gasteiger partial charge in [0.2, 0.25) is 5.88 Å². The minimum Gasteiger partial charge on any atom is -0.472 e. The standard InChI is InChI=1S/C11H10BrClN4O/c12-9-10(17-14)15-6-16-11(9)18-5-7-3-1-2-4-8(7)13/h1-4,6H,5,14H2,(H,15,16,17). The Bertz CT molecular complexity index is 552. The van der Waals surface area contributed by atoms with E-state index in [1.54, 1.807) is 0 Å². The van der Waals surface area contributed by atoms with Gasteiger partial charge in [-0.2, -0.15) is 0 Å². The van der Waals surface area contributed by atoms with Crippen LogP contribution in [0.4, 0.5) is 5.82 Å². The molecule has 0 saturated heterocycles. The molecule has 0 aliphatic heterocycles. The third kappa shape index (κ3) is 2.90. The van der Waals surface area contributed by atoms with E-state index in [1.165, 1.54) is 6.33 Å². The predicted octanol–water partition coefficient (Wildman–Crippen LogP) is 2.76. The van der Waals surface area contributed by atoms with Crippen molar-refractivity contribution in [1.29, 1.82) is 0 Å². The summed E-state index contributed by atoms with van der Waals surface area (Å²) in [5.41, 5.74) is 3.32. The summed E-state index contributed by atoms with van der Waals surface area (Å²) in [6, 6.07) is 7.46. The molecule has 94 valence electrons. The Hall–Kier alpha value is -1.37. The van der Waals surface area contributed by atoms with Crippen molar-refractivity contribution in [3.63, 3.8) is 0 Å². The van der Waals surface area contributed by atoms with Gasteiger partial charge in [0.1, 0.15) is 17.4 Å². The largest absolute Gasteiger partial charge is 0.472 e. The maximum atomic E-state index is 6.03. The first-order valence-electron chi connectivity index (χ1n) is 5.05. The quantitative estimate of drug-likeness (QED) is 0.666. The highest BCUT2D eigenvalue weighted by molar-refractivity contribution is 9.10. The average Bonchev–Trinajstić information content (AvgIpc) is 2.39. The second-order valence-corrected chi connectivity index (χ2v) is 4.57. The number of hydrogen-bond donors (Lipinski definition) is 2. The van der Waals surface area contributed by atoms with Gasteiger partial charge in [-0.05, 0) is 22.0 Å². The van der Waals surface area contributed by atoms with Crippen LogP contribution in [0.1, 0.15) is 5.56 Å². The lowest BCUT2D eigenvalue weighted by Crippen LogP contribution is -2.10. The van der Waals surface area contributed by atoms with Gasteiger partial charge in [0.25, 0.3) is 0 Å². The summed E-state index contributed by atoms with van der Waals surface area (Å²) in [6.45, 7) is 0.319. The molecule has 0 aliphatic rings. The molecule has 0 amide bonds. The molecule has 0 radical (unpaired) electrons. The second-order valence-electron chi connectivity index (χ2n) is 3.37. The van der Waals surface area contributed by atoms with E-state index in [0.717, 1.165) is 5.56 Å². The first-order chi connectivity index (χ1) is 8.72. The molecule has 0 aliphatic carbocycles. The number of nitrogens with one attached hydrogen (secondary N) is 1. The normalized spacial score (nSPS) is 10.2. The summed E-state index contributed by atoms with van der Waals surface area (Å²) in [7, 11) is 0. The molecule has 0 fully saturated rings. The number of ether oxygens (including phenoxy) is 1. The summed E-state index contributed by atoms with van der Waals surface area (Å²) in [5.74, 6) is 6.16. The molecule has 0 atom stereocenters. The summed E-state index contributed by atoms with van der Waals surface area (Å²) in [5, 5.41) is 0.653. The number of hydrazine groups is 1. The van der Waals surface area contributed by atoms with Crippen molar-refractivity contribution < 1.29 is 4.74 Å². The zero-order valence-corrected chi connectivity index (χ0v) is 11.6. The van der Waals surface area contributed by atoms with Gasteiger partial charge < -0.3 is 10.2 Å². The molecule has 0 bridgehead atoms. The third-order valence-electron chi connectivity index (χ3n) is 2.22. The lowest BCUT2D eigenvalue weighted by atomic mass is 10.2. The van der Waals surface area contributed by atoms with Gasteiger partial charge in [-0.15, -0.1) is 0 Å². The minimum absolute atomic E-state index is 0.319. The van der Waals surface area contributed by atoms with Crippen LogP contribution in [-0.2, 0) is 6.61 Å². The van der Waals surface area contributed by atoms with Gasteiger partial charge in [0.05, 0.1) is 0 Å². The number of aromatic nitrogens is 2. The van der Waals surface area contributed by atoms with Crippen molar-refractivity contribution in [3.8, 4) is 5.88 Å². The fourth-order valence-electron chi connectivity index (χ4n) is 1.32. The molecular weight excluding hydrogens is 320 g/mol. The lowest BCUT2D eigenvalue weighted by molar-refractivity contribution is 0.291. The maximum absolute atomic E-state index is 6.03. The van der Waals surface area contributed by atoms with Gasteiger partial charge in [0, 0.05) is 10.6 Å². The van der Waals surface area contributed by atoms with E-state index in [1.807, 2.05) is 24.3 Å². The number of anilines is 1. The number of nitrogens with zero attached hydrogens (tertiary/aromatic N) is 2. The van der Waals surface area contributed by atoms with Crippen molar-refractivity contribution >= 4 is 33.3 Å². The number of nitrogen functional groups attached to an aromatic ring is 1. The van der Waals surface area contributed by atoms with E-state index in [2.05, 4.69) is 31.3 Å². The fourth-order valence-corrected chi connectivity index (χ4v) is 1.94. The molecule has 1 heterocycles. The average molecular weight is 330 g/mol. The van der Waals surface area contributed by atoms with Crippen LogP contribution in [-0.4, -0.2) is 9.97 Å². The van der Waals surface area contributed by atoms with E-state index in [-0.39, 0.29) is 0 Å². The highest BCUT2D eigenvalue weighted by atomic mass is 79.9. The molecule has 0 spiro atoms. The fraction of sp³-hybridized carbons (Fsp3) is 0.0909.